The van der Waals surface area contributed by atoms with Gasteiger partial charge >= 0.3 is 0 Å². The smallest absolute Gasteiger partial charge is 0.230 e. The molecule has 0 aliphatic carbocycles. The van der Waals surface area contributed by atoms with Gasteiger partial charge in [-0.25, -0.2) is 0 Å². The highest BCUT2D eigenvalue weighted by Crippen LogP contribution is 2.30. The molecule has 0 atom stereocenters. The maximum absolute atomic E-state index is 12.2. The Morgan fingerprint density at radius 3 is 2.93 bits per heavy atom. The van der Waals surface area contributed by atoms with Crippen molar-refractivity contribution >= 4 is 29.0 Å². The molecule has 1 N–H and O–H groups in total. The van der Waals surface area contributed by atoms with Crippen LogP contribution in [0, 0.1) is 0 Å². The molecule has 0 bridgehead atoms. The minimum atomic E-state index is -0.0576. The standard InChI is InChI=1S/C19H20N4O3S2/c1-23-18(16-4-2-9-27-16)21-22-19(23)28-12-17(24)20-11-13-5-6-14-15(10-13)26-8-3-7-25-14/h2,4-6,9-10H,3,7-8,11-12H2,1H3,(H,20,24). The average Bonchev–Trinajstić information content (AvgIpc) is 3.28. The molecule has 1 aliphatic rings. The SMILES string of the molecule is Cn1c(SCC(=O)NCc2ccc3c(c2)OCCCO3)nnc1-c1cccs1. The Hall–Kier alpha value is -2.52. The van der Waals surface area contributed by atoms with Gasteiger partial charge < -0.3 is 19.4 Å². The lowest BCUT2D eigenvalue weighted by Gasteiger charge is -2.10. The van der Waals surface area contributed by atoms with Crippen LogP contribution in [-0.2, 0) is 18.4 Å². The first-order valence-corrected chi connectivity index (χ1v) is 10.8. The molecule has 1 amide bonds. The third-order valence-corrected chi connectivity index (χ3v) is 6.10. The van der Waals surface area contributed by atoms with E-state index in [-0.39, 0.29) is 11.7 Å². The van der Waals surface area contributed by atoms with Gasteiger partial charge in [-0.1, -0.05) is 23.9 Å². The van der Waals surface area contributed by atoms with Crippen LogP contribution in [-0.4, -0.2) is 39.6 Å². The lowest BCUT2D eigenvalue weighted by molar-refractivity contribution is -0.118. The Kier molecular flexibility index (Phi) is 5.82. The summed E-state index contributed by atoms with van der Waals surface area (Å²) in [6, 6.07) is 9.74. The number of rotatable bonds is 6. The fourth-order valence-corrected chi connectivity index (χ4v) is 4.25. The van der Waals surface area contributed by atoms with E-state index in [2.05, 4.69) is 15.5 Å². The number of fused-ring (bicyclic) bond motifs is 1. The first kappa shape index (κ1) is 18.8. The summed E-state index contributed by atoms with van der Waals surface area (Å²) in [5, 5.41) is 14.1. The van der Waals surface area contributed by atoms with E-state index in [4.69, 9.17) is 9.47 Å². The fraction of sp³-hybridized carbons (Fsp3) is 0.316. The van der Waals surface area contributed by atoms with Crippen LogP contribution in [0.1, 0.15) is 12.0 Å². The molecule has 4 rings (SSSR count). The zero-order valence-corrected chi connectivity index (χ0v) is 17.0. The van der Waals surface area contributed by atoms with Crippen LogP contribution in [0.5, 0.6) is 11.5 Å². The maximum Gasteiger partial charge on any atom is 0.230 e. The van der Waals surface area contributed by atoms with Crippen molar-refractivity contribution in [2.45, 2.75) is 18.1 Å². The number of nitrogens with one attached hydrogen (secondary N) is 1. The molecule has 28 heavy (non-hydrogen) atoms. The van der Waals surface area contributed by atoms with E-state index in [1.807, 2.05) is 47.3 Å². The Balaban J connectivity index is 1.30. The molecule has 3 heterocycles. The molecule has 146 valence electrons. The monoisotopic (exact) mass is 416 g/mol. The second-order valence-electron chi connectivity index (χ2n) is 6.24. The minimum absolute atomic E-state index is 0.0576. The van der Waals surface area contributed by atoms with E-state index < -0.39 is 0 Å². The first-order chi connectivity index (χ1) is 13.7. The number of hydrogen-bond acceptors (Lipinski definition) is 7. The number of thioether (sulfide) groups is 1. The van der Waals surface area contributed by atoms with E-state index in [9.17, 15) is 4.79 Å². The number of carbonyl (C=O) groups is 1. The molecule has 0 fully saturated rings. The van der Waals surface area contributed by atoms with Crippen molar-refractivity contribution in [3.8, 4) is 22.2 Å². The van der Waals surface area contributed by atoms with Crippen molar-refractivity contribution in [2.24, 2.45) is 7.05 Å². The van der Waals surface area contributed by atoms with Crippen molar-refractivity contribution in [1.29, 1.82) is 0 Å². The third kappa shape index (κ3) is 4.31. The first-order valence-electron chi connectivity index (χ1n) is 8.92. The Morgan fingerprint density at radius 1 is 1.25 bits per heavy atom. The van der Waals surface area contributed by atoms with Gasteiger partial charge in [-0.05, 0) is 29.1 Å². The molecule has 1 aromatic carbocycles. The molecule has 7 nitrogen and oxygen atoms in total. The van der Waals surface area contributed by atoms with E-state index in [1.54, 1.807) is 11.3 Å². The normalized spacial score (nSPS) is 13.2. The Morgan fingerprint density at radius 2 is 2.11 bits per heavy atom. The number of hydrogen-bond donors (Lipinski definition) is 1. The van der Waals surface area contributed by atoms with E-state index in [0.717, 1.165) is 34.2 Å². The predicted molar refractivity (Wildman–Crippen MR) is 109 cm³/mol. The van der Waals surface area contributed by atoms with Gasteiger partial charge in [0.2, 0.25) is 5.91 Å². The molecular formula is C19H20N4O3S2. The number of ether oxygens (including phenoxy) is 2. The second-order valence-corrected chi connectivity index (χ2v) is 8.13. The van der Waals surface area contributed by atoms with Crippen LogP contribution < -0.4 is 14.8 Å². The van der Waals surface area contributed by atoms with Crippen molar-refractivity contribution in [2.75, 3.05) is 19.0 Å². The Labute approximate surface area is 171 Å². The Bertz CT molecular complexity index is 956. The topological polar surface area (TPSA) is 78.3 Å². The number of carbonyl (C=O) groups excluding carboxylic acids is 1. The molecule has 0 saturated heterocycles. The van der Waals surface area contributed by atoms with Crippen LogP contribution in [0.4, 0.5) is 0 Å². The van der Waals surface area contributed by atoms with E-state index in [0.29, 0.717) is 24.9 Å². The molecule has 9 heteroatoms. The van der Waals surface area contributed by atoms with Crippen LogP contribution in [0.2, 0.25) is 0 Å². The van der Waals surface area contributed by atoms with Crippen LogP contribution in [0.25, 0.3) is 10.7 Å². The van der Waals surface area contributed by atoms with Gasteiger partial charge in [0.05, 0.1) is 23.8 Å². The van der Waals surface area contributed by atoms with Crippen molar-refractivity contribution < 1.29 is 14.3 Å². The number of nitrogens with zero attached hydrogens (tertiary/aromatic N) is 3. The highest BCUT2D eigenvalue weighted by atomic mass is 32.2. The molecule has 0 radical (unpaired) electrons. The maximum atomic E-state index is 12.2. The molecule has 1 aliphatic heterocycles. The molecule has 3 aromatic rings. The predicted octanol–water partition coefficient (Wildman–Crippen LogP) is 3.11. The summed E-state index contributed by atoms with van der Waals surface area (Å²) in [7, 11) is 1.91. The number of benzene rings is 1. The highest BCUT2D eigenvalue weighted by molar-refractivity contribution is 7.99. The van der Waals surface area contributed by atoms with Crippen LogP contribution in [0.15, 0.2) is 40.9 Å². The van der Waals surface area contributed by atoms with Gasteiger partial charge in [0.25, 0.3) is 0 Å². The average molecular weight is 417 g/mol. The number of thiophene rings is 1. The molecule has 0 unspecified atom stereocenters. The number of aromatic nitrogens is 3. The van der Waals surface area contributed by atoms with Crippen LogP contribution >= 0.6 is 23.1 Å². The highest BCUT2D eigenvalue weighted by Gasteiger charge is 2.14. The van der Waals surface area contributed by atoms with Gasteiger partial charge in [-0.15, -0.1) is 21.5 Å². The molecule has 0 saturated carbocycles. The molecule has 2 aromatic heterocycles. The summed E-state index contributed by atoms with van der Waals surface area (Å²) in [5.41, 5.74) is 0.973. The fourth-order valence-electron chi connectivity index (χ4n) is 2.76. The summed E-state index contributed by atoms with van der Waals surface area (Å²) in [4.78, 5) is 13.3. The van der Waals surface area contributed by atoms with Crippen molar-refractivity contribution in [1.82, 2.24) is 20.1 Å². The van der Waals surface area contributed by atoms with Gasteiger partial charge in [-0.3, -0.25) is 4.79 Å². The van der Waals surface area contributed by atoms with Crippen molar-refractivity contribution in [3.05, 3.63) is 41.3 Å². The number of amides is 1. The summed E-state index contributed by atoms with van der Waals surface area (Å²) >= 11 is 2.98. The third-order valence-electron chi connectivity index (χ3n) is 4.21. The summed E-state index contributed by atoms with van der Waals surface area (Å²) < 4.78 is 13.2. The second kappa shape index (κ2) is 8.66. The van der Waals surface area contributed by atoms with Crippen molar-refractivity contribution in [3.63, 3.8) is 0 Å². The summed E-state index contributed by atoms with van der Waals surface area (Å²) in [6.07, 6.45) is 0.869. The van der Waals surface area contributed by atoms with Crippen LogP contribution in [0.3, 0.4) is 0 Å². The van der Waals surface area contributed by atoms with Gasteiger partial charge in [-0.2, -0.15) is 0 Å². The van der Waals surface area contributed by atoms with Gasteiger partial charge in [0.15, 0.2) is 22.5 Å². The zero-order valence-electron chi connectivity index (χ0n) is 15.4. The van der Waals surface area contributed by atoms with E-state index >= 15 is 0 Å². The lowest BCUT2D eigenvalue weighted by Crippen LogP contribution is -2.24. The molecular weight excluding hydrogens is 396 g/mol. The minimum Gasteiger partial charge on any atom is -0.490 e. The largest absolute Gasteiger partial charge is 0.490 e. The zero-order chi connectivity index (χ0) is 19.3. The van der Waals surface area contributed by atoms with Gasteiger partial charge in [0, 0.05) is 20.0 Å². The summed E-state index contributed by atoms with van der Waals surface area (Å²) in [5.74, 6) is 2.52. The quantitative estimate of drug-likeness (QED) is 0.622. The van der Waals surface area contributed by atoms with E-state index in [1.165, 1.54) is 11.8 Å². The van der Waals surface area contributed by atoms with Gasteiger partial charge in [0.1, 0.15) is 0 Å². The summed E-state index contributed by atoms with van der Waals surface area (Å²) in [6.45, 7) is 1.75. The molecule has 0 spiro atoms. The lowest BCUT2D eigenvalue weighted by atomic mass is 10.2.